The van der Waals surface area contributed by atoms with Crippen LogP contribution in [0, 0.1) is 19.8 Å². The van der Waals surface area contributed by atoms with Gasteiger partial charge in [-0.05, 0) is 49.2 Å². The predicted molar refractivity (Wildman–Crippen MR) is 105 cm³/mol. The Morgan fingerprint density at radius 3 is 2.52 bits per heavy atom. The van der Waals surface area contributed by atoms with Crippen LogP contribution in [0.1, 0.15) is 17.5 Å². The Hall–Kier alpha value is -3.02. The Morgan fingerprint density at radius 1 is 1.07 bits per heavy atom. The number of anilines is 2. The van der Waals surface area contributed by atoms with E-state index >= 15 is 0 Å². The number of rotatable bonds is 5. The topological polar surface area (TPSA) is 67.9 Å². The highest BCUT2D eigenvalue weighted by molar-refractivity contribution is 6.04. The van der Waals surface area contributed by atoms with Gasteiger partial charge in [-0.25, -0.2) is 0 Å². The molecule has 0 saturated carbocycles. The maximum absolute atomic E-state index is 12.7. The molecule has 0 unspecified atom stereocenters. The highest BCUT2D eigenvalue weighted by Gasteiger charge is 2.35. The Balaban J connectivity index is 1.75. The van der Waals surface area contributed by atoms with Crippen molar-refractivity contribution in [1.29, 1.82) is 0 Å². The van der Waals surface area contributed by atoms with Gasteiger partial charge in [0.15, 0.2) is 0 Å². The fourth-order valence-corrected chi connectivity index (χ4v) is 3.17. The maximum Gasteiger partial charge on any atom is 0.229 e. The summed E-state index contributed by atoms with van der Waals surface area (Å²) in [5.74, 6) is 0.483. The van der Waals surface area contributed by atoms with Crippen molar-refractivity contribution >= 4 is 23.2 Å². The van der Waals surface area contributed by atoms with E-state index in [0.29, 0.717) is 23.7 Å². The van der Waals surface area contributed by atoms with Crippen molar-refractivity contribution in [1.82, 2.24) is 0 Å². The Labute approximate surface area is 159 Å². The van der Waals surface area contributed by atoms with Gasteiger partial charge in [0.05, 0.1) is 25.8 Å². The van der Waals surface area contributed by atoms with Crippen LogP contribution in [0.15, 0.2) is 36.4 Å². The molecule has 1 aliphatic rings. The molecular weight excluding hydrogens is 344 g/mol. The Morgan fingerprint density at radius 2 is 1.85 bits per heavy atom. The zero-order chi connectivity index (χ0) is 19.6. The van der Waals surface area contributed by atoms with Crippen molar-refractivity contribution in [3.8, 4) is 11.5 Å². The van der Waals surface area contributed by atoms with Gasteiger partial charge < -0.3 is 19.7 Å². The monoisotopic (exact) mass is 368 g/mol. The fraction of sp³-hybridized carbons (Fsp3) is 0.333. The number of ether oxygens (including phenoxy) is 2. The number of carbonyl (C=O) groups excluding carboxylic acids is 2. The van der Waals surface area contributed by atoms with Crippen LogP contribution in [0.4, 0.5) is 11.4 Å². The van der Waals surface area contributed by atoms with Crippen LogP contribution in [0.25, 0.3) is 0 Å². The molecule has 3 rings (SSSR count). The number of methoxy groups -OCH3 is 2. The van der Waals surface area contributed by atoms with Crippen LogP contribution >= 0.6 is 0 Å². The number of hydrogen-bond acceptors (Lipinski definition) is 4. The minimum Gasteiger partial charge on any atom is -0.497 e. The summed E-state index contributed by atoms with van der Waals surface area (Å²) >= 11 is 0. The van der Waals surface area contributed by atoms with E-state index in [4.69, 9.17) is 9.47 Å². The summed E-state index contributed by atoms with van der Waals surface area (Å²) in [6.07, 6.45) is 0.186. The number of nitrogens with one attached hydrogen (secondary N) is 1. The van der Waals surface area contributed by atoms with E-state index in [1.807, 2.05) is 32.0 Å². The number of aryl methyl sites for hydroxylation is 2. The second-order valence-electron chi connectivity index (χ2n) is 6.73. The van der Waals surface area contributed by atoms with Gasteiger partial charge in [-0.15, -0.1) is 0 Å². The molecule has 0 bridgehead atoms. The van der Waals surface area contributed by atoms with Crippen LogP contribution < -0.4 is 19.7 Å². The van der Waals surface area contributed by atoms with Gasteiger partial charge in [-0.1, -0.05) is 6.07 Å². The lowest BCUT2D eigenvalue weighted by molar-refractivity contribution is -0.122. The number of hydrogen-bond donors (Lipinski definition) is 1. The van der Waals surface area contributed by atoms with E-state index in [0.717, 1.165) is 11.3 Å². The van der Waals surface area contributed by atoms with Crippen molar-refractivity contribution in [2.24, 2.45) is 5.92 Å². The summed E-state index contributed by atoms with van der Waals surface area (Å²) in [4.78, 5) is 26.9. The Kier molecular flexibility index (Phi) is 5.35. The van der Waals surface area contributed by atoms with Crippen LogP contribution in [0.3, 0.4) is 0 Å². The van der Waals surface area contributed by atoms with Gasteiger partial charge in [0.1, 0.15) is 11.5 Å². The normalized spacial score (nSPS) is 16.4. The highest BCUT2D eigenvalue weighted by atomic mass is 16.5. The molecular formula is C21H24N2O4. The third-order valence-electron chi connectivity index (χ3n) is 4.96. The molecule has 27 heavy (non-hydrogen) atoms. The quantitative estimate of drug-likeness (QED) is 0.879. The molecule has 1 fully saturated rings. The zero-order valence-corrected chi connectivity index (χ0v) is 16.0. The van der Waals surface area contributed by atoms with Gasteiger partial charge in [-0.3, -0.25) is 9.59 Å². The average molecular weight is 368 g/mol. The number of nitrogens with zero attached hydrogens (tertiary/aromatic N) is 1. The molecule has 1 atom stereocenters. The van der Waals surface area contributed by atoms with Gasteiger partial charge in [0, 0.05) is 24.7 Å². The summed E-state index contributed by atoms with van der Waals surface area (Å²) in [5, 5.41) is 2.87. The van der Waals surface area contributed by atoms with Crippen LogP contribution in [-0.2, 0) is 9.59 Å². The van der Waals surface area contributed by atoms with Crippen molar-refractivity contribution in [2.75, 3.05) is 31.0 Å². The molecule has 0 aromatic heterocycles. The molecule has 1 N–H and O–H groups in total. The summed E-state index contributed by atoms with van der Waals surface area (Å²) in [6.45, 7) is 4.40. The third-order valence-corrected chi connectivity index (χ3v) is 4.96. The van der Waals surface area contributed by atoms with E-state index in [1.54, 1.807) is 30.2 Å². The largest absolute Gasteiger partial charge is 0.497 e. The first-order chi connectivity index (χ1) is 12.9. The summed E-state index contributed by atoms with van der Waals surface area (Å²) in [5.41, 5.74) is 3.65. The molecule has 1 aliphatic heterocycles. The molecule has 142 valence electrons. The van der Waals surface area contributed by atoms with Crippen LogP contribution in [0.5, 0.6) is 11.5 Å². The molecule has 6 nitrogen and oxygen atoms in total. The van der Waals surface area contributed by atoms with Gasteiger partial charge >= 0.3 is 0 Å². The second-order valence-corrected chi connectivity index (χ2v) is 6.73. The lowest BCUT2D eigenvalue weighted by Gasteiger charge is -2.18. The van der Waals surface area contributed by atoms with Crippen molar-refractivity contribution in [2.45, 2.75) is 20.3 Å². The van der Waals surface area contributed by atoms with E-state index in [1.165, 1.54) is 12.7 Å². The molecule has 1 heterocycles. The van der Waals surface area contributed by atoms with Crippen molar-refractivity contribution in [3.05, 3.63) is 47.5 Å². The zero-order valence-electron chi connectivity index (χ0n) is 16.0. The van der Waals surface area contributed by atoms with Gasteiger partial charge in [0.2, 0.25) is 11.8 Å². The first-order valence-corrected chi connectivity index (χ1v) is 8.83. The lowest BCUT2D eigenvalue weighted by Crippen LogP contribution is -2.28. The first-order valence-electron chi connectivity index (χ1n) is 8.83. The highest BCUT2D eigenvalue weighted by Crippen LogP contribution is 2.31. The molecule has 0 aliphatic carbocycles. The molecule has 0 radical (unpaired) electrons. The lowest BCUT2D eigenvalue weighted by atomic mass is 10.1. The van der Waals surface area contributed by atoms with Gasteiger partial charge in [-0.2, -0.15) is 0 Å². The van der Waals surface area contributed by atoms with E-state index in [9.17, 15) is 9.59 Å². The predicted octanol–water partition coefficient (Wildman–Crippen LogP) is 3.31. The number of carbonyl (C=O) groups is 2. The van der Waals surface area contributed by atoms with E-state index in [-0.39, 0.29) is 18.2 Å². The SMILES string of the molecule is COc1ccc(OC)c(NC(=O)[C@@H]2CC(=O)N(c3ccc(C)c(C)c3)C2)c1. The minimum absolute atomic E-state index is 0.0454. The molecule has 2 amide bonds. The number of benzene rings is 2. The minimum atomic E-state index is -0.421. The summed E-state index contributed by atoms with van der Waals surface area (Å²) < 4.78 is 10.5. The standard InChI is InChI=1S/C21H24N2O4/c1-13-5-6-16(9-14(13)2)23-12-15(10-20(23)24)21(25)22-18-11-17(26-3)7-8-19(18)27-4/h5-9,11,15H,10,12H2,1-4H3,(H,22,25)/t15-/m1/s1. The molecule has 6 heteroatoms. The van der Waals surface area contributed by atoms with E-state index in [2.05, 4.69) is 5.32 Å². The number of amides is 2. The second kappa shape index (κ2) is 7.70. The molecule has 0 spiro atoms. The molecule has 2 aromatic carbocycles. The summed E-state index contributed by atoms with van der Waals surface area (Å²) in [7, 11) is 3.10. The first kappa shape index (κ1) is 18.8. The van der Waals surface area contributed by atoms with E-state index < -0.39 is 5.92 Å². The van der Waals surface area contributed by atoms with Gasteiger partial charge in [0.25, 0.3) is 0 Å². The fourth-order valence-electron chi connectivity index (χ4n) is 3.17. The Bertz CT molecular complexity index is 878. The maximum atomic E-state index is 12.7. The molecule has 2 aromatic rings. The summed E-state index contributed by atoms with van der Waals surface area (Å²) in [6, 6.07) is 11.1. The smallest absolute Gasteiger partial charge is 0.229 e. The average Bonchev–Trinajstić information content (AvgIpc) is 3.05. The molecule has 1 saturated heterocycles. The van der Waals surface area contributed by atoms with Crippen molar-refractivity contribution in [3.63, 3.8) is 0 Å². The third kappa shape index (κ3) is 3.89. The van der Waals surface area contributed by atoms with Crippen molar-refractivity contribution < 1.29 is 19.1 Å². The van der Waals surface area contributed by atoms with Crippen LogP contribution in [-0.4, -0.2) is 32.6 Å². The van der Waals surface area contributed by atoms with Crippen LogP contribution in [0.2, 0.25) is 0 Å².